The van der Waals surface area contributed by atoms with Gasteiger partial charge in [-0.15, -0.1) is 6.58 Å². The summed E-state index contributed by atoms with van der Waals surface area (Å²) >= 11 is 0. The molecule has 1 aromatic rings. The van der Waals surface area contributed by atoms with Gasteiger partial charge in [0, 0.05) is 18.3 Å². The summed E-state index contributed by atoms with van der Waals surface area (Å²) in [5.74, 6) is 0.758. The number of nitrogens with one attached hydrogen (secondary N) is 1. The molecule has 0 spiro atoms. The van der Waals surface area contributed by atoms with Crippen LogP contribution in [-0.2, 0) is 0 Å². The van der Waals surface area contributed by atoms with Gasteiger partial charge in [-0.1, -0.05) is 19.9 Å². The molecule has 1 aromatic heterocycles. The van der Waals surface area contributed by atoms with Crippen LogP contribution in [0.1, 0.15) is 31.9 Å². The maximum atomic E-state index is 9.50. The van der Waals surface area contributed by atoms with Crippen molar-refractivity contribution in [3.63, 3.8) is 0 Å². The molecule has 21 heavy (non-hydrogen) atoms. The lowest BCUT2D eigenvalue weighted by molar-refractivity contribution is 0.198. The van der Waals surface area contributed by atoms with E-state index in [0.29, 0.717) is 18.2 Å². The van der Waals surface area contributed by atoms with Crippen molar-refractivity contribution in [3.05, 3.63) is 24.4 Å². The van der Waals surface area contributed by atoms with Crippen LogP contribution in [0.2, 0.25) is 0 Å². The molecule has 2 N–H and O–H groups in total. The fraction of sp³-hybridized carbons (Fsp3) is 0.600. The minimum atomic E-state index is -0.0806. The highest BCUT2D eigenvalue weighted by Crippen LogP contribution is 2.27. The van der Waals surface area contributed by atoms with Gasteiger partial charge in [0.15, 0.2) is 0 Å². The maximum absolute atomic E-state index is 9.50. The summed E-state index contributed by atoms with van der Waals surface area (Å²) in [5.41, 5.74) is 0.817. The fourth-order valence-electron chi connectivity index (χ4n) is 2.03. The first kappa shape index (κ1) is 17.4. The van der Waals surface area contributed by atoms with Gasteiger partial charge in [-0.3, -0.25) is 0 Å². The summed E-state index contributed by atoms with van der Waals surface area (Å²) in [6, 6.07) is 0.153. The van der Waals surface area contributed by atoms with Crippen LogP contribution in [0, 0.1) is 5.92 Å². The number of rotatable bonds is 9. The first-order valence-electron chi connectivity index (χ1n) is 7.00. The van der Waals surface area contributed by atoms with Crippen LogP contribution in [0.3, 0.4) is 0 Å². The molecule has 0 aliphatic carbocycles. The summed E-state index contributed by atoms with van der Waals surface area (Å²) in [4.78, 5) is 8.34. The summed E-state index contributed by atoms with van der Waals surface area (Å²) in [7, 11) is 3.07. The lowest BCUT2D eigenvalue weighted by Crippen LogP contribution is -2.39. The standard InChI is InChI=1S/C15H25N3O3/c1-6-7-12(17-13(9-19)10(2)3)11-8-16-15(21-5)18-14(11)20-4/h6,8,10,12-13,17,19H,1,7,9H2,2-5H3/t12?,13-/m1/s1. The first-order valence-corrected chi connectivity index (χ1v) is 7.00. The van der Waals surface area contributed by atoms with Crippen LogP contribution in [0.25, 0.3) is 0 Å². The van der Waals surface area contributed by atoms with Crippen LogP contribution in [0.15, 0.2) is 18.9 Å². The highest BCUT2D eigenvalue weighted by atomic mass is 16.5. The highest BCUT2D eigenvalue weighted by molar-refractivity contribution is 5.29. The predicted molar refractivity (Wildman–Crippen MR) is 81.5 cm³/mol. The zero-order valence-electron chi connectivity index (χ0n) is 13.2. The maximum Gasteiger partial charge on any atom is 0.319 e. The lowest BCUT2D eigenvalue weighted by Gasteiger charge is -2.27. The molecular formula is C15H25N3O3. The highest BCUT2D eigenvalue weighted by Gasteiger charge is 2.22. The number of hydrogen-bond acceptors (Lipinski definition) is 6. The van der Waals surface area contributed by atoms with Crippen LogP contribution in [0.4, 0.5) is 0 Å². The smallest absolute Gasteiger partial charge is 0.319 e. The van der Waals surface area contributed by atoms with Crippen molar-refractivity contribution in [2.45, 2.75) is 32.4 Å². The second-order valence-electron chi connectivity index (χ2n) is 5.10. The van der Waals surface area contributed by atoms with E-state index in [1.807, 2.05) is 6.08 Å². The van der Waals surface area contributed by atoms with E-state index in [2.05, 4.69) is 35.7 Å². The molecule has 0 aromatic carbocycles. The van der Waals surface area contributed by atoms with Gasteiger partial charge in [0.2, 0.25) is 5.88 Å². The molecular weight excluding hydrogens is 270 g/mol. The van der Waals surface area contributed by atoms with Crippen molar-refractivity contribution in [1.29, 1.82) is 0 Å². The molecule has 2 atom stereocenters. The Hall–Kier alpha value is -1.66. The van der Waals surface area contributed by atoms with Gasteiger partial charge in [0.25, 0.3) is 0 Å². The van der Waals surface area contributed by atoms with Crippen LogP contribution >= 0.6 is 0 Å². The van der Waals surface area contributed by atoms with Gasteiger partial charge in [-0.2, -0.15) is 4.98 Å². The number of aliphatic hydroxyl groups excluding tert-OH is 1. The average molecular weight is 295 g/mol. The third kappa shape index (κ3) is 4.68. The fourth-order valence-corrected chi connectivity index (χ4v) is 2.03. The van der Waals surface area contributed by atoms with E-state index in [1.165, 1.54) is 7.11 Å². The zero-order chi connectivity index (χ0) is 15.8. The predicted octanol–water partition coefficient (Wildman–Crippen LogP) is 1.72. The van der Waals surface area contributed by atoms with Gasteiger partial charge in [-0.05, 0) is 12.3 Å². The van der Waals surface area contributed by atoms with Gasteiger partial charge < -0.3 is 19.9 Å². The number of hydrogen-bond donors (Lipinski definition) is 2. The van der Waals surface area contributed by atoms with Crippen molar-refractivity contribution in [3.8, 4) is 11.9 Å². The van der Waals surface area contributed by atoms with Crippen LogP contribution in [0.5, 0.6) is 11.9 Å². The molecule has 1 heterocycles. The molecule has 0 radical (unpaired) electrons. The number of aromatic nitrogens is 2. The molecule has 0 aliphatic rings. The lowest BCUT2D eigenvalue weighted by atomic mass is 10.00. The number of nitrogens with zero attached hydrogens (tertiary/aromatic N) is 2. The second kappa shape index (κ2) is 8.59. The van der Waals surface area contributed by atoms with E-state index in [9.17, 15) is 5.11 Å². The summed E-state index contributed by atoms with van der Waals surface area (Å²) < 4.78 is 10.3. The van der Waals surface area contributed by atoms with E-state index in [-0.39, 0.29) is 24.7 Å². The summed E-state index contributed by atoms with van der Waals surface area (Å²) in [6.07, 6.45) is 4.17. The van der Waals surface area contributed by atoms with Crippen LogP contribution in [-0.4, -0.2) is 41.9 Å². The van der Waals surface area contributed by atoms with Crippen molar-refractivity contribution in [1.82, 2.24) is 15.3 Å². The molecule has 0 fully saturated rings. The van der Waals surface area contributed by atoms with Gasteiger partial charge in [0.05, 0.1) is 26.4 Å². The van der Waals surface area contributed by atoms with E-state index in [0.717, 1.165) is 5.56 Å². The molecule has 6 nitrogen and oxygen atoms in total. The second-order valence-corrected chi connectivity index (χ2v) is 5.10. The minimum absolute atomic E-state index is 0.0262. The molecule has 0 aliphatic heterocycles. The quantitative estimate of drug-likeness (QED) is 0.676. The third-order valence-corrected chi connectivity index (χ3v) is 3.33. The molecule has 0 bridgehead atoms. The number of ether oxygens (including phenoxy) is 2. The minimum Gasteiger partial charge on any atom is -0.481 e. The first-order chi connectivity index (χ1) is 10.1. The molecule has 0 saturated heterocycles. The van der Waals surface area contributed by atoms with E-state index in [4.69, 9.17) is 9.47 Å². The summed E-state index contributed by atoms with van der Waals surface area (Å²) in [5, 5.41) is 12.9. The molecule has 1 rings (SSSR count). The normalized spacial score (nSPS) is 13.8. The van der Waals surface area contributed by atoms with Crippen molar-refractivity contribution in [2.75, 3.05) is 20.8 Å². The van der Waals surface area contributed by atoms with Crippen molar-refractivity contribution >= 4 is 0 Å². The Morgan fingerprint density at radius 3 is 2.57 bits per heavy atom. The van der Waals surface area contributed by atoms with Gasteiger partial charge >= 0.3 is 6.01 Å². The average Bonchev–Trinajstić information content (AvgIpc) is 2.50. The SMILES string of the molecule is C=CCC(N[C@H](CO)C(C)C)c1cnc(OC)nc1OC. The Bertz CT molecular complexity index is 452. The summed E-state index contributed by atoms with van der Waals surface area (Å²) in [6.45, 7) is 7.96. The third-order valence-electron chi connectivity index (χ3n) is 3.33. The van der Waals surface area contributed by atoms with Gasteiger partial charge in [-0.25, -0.2) is 4.98 Å². The van der Waals surface area contributed by atoms with Crippen molar-refractivity contribution < 1.29 is 14.6 Å². The molecule has 118 valence electrons. The van der Waals surface area contributed by atoms with Crippen molar-refractivity contribution in [2.24, 2.45) is 5.92 Å². The monoisotopic (exact) mass is 295 g/mol. The zero-order valence-corrected chi connectivity index (χ0v) is 13.2. The molecule has 0 amide bonds. The number of aliphatic hydroxyl groups is 1. The molecule has 6 heteroatoms. The van der Waals surface area contributed by atoms with E-state index >= 15 is 0 Å². The largest absolute Gasteiger partial charge is 0.481 e. The topological polar surface area (TPSA) is 76.5 Å². The Morgan fingerprint density at radius 1 is 1.38 bits per heavy atom. The Morgan fingerprint density at radius 2 is 2.10 bits per heavy atom. The number of methoxy groups -OCH3 is 2. The Labute approximate surface area is 126 Å². The van der Waals surface area contributed by atoms with E-state index < -0.39 is 0 Å². The Kier molecular flexibility index (Phi) is 7.11. The Balaban J connectivity index is 3.06. The van der Waals surface area contributed by atoms with Crippen LogP contribution < -0.4 is 14.8 Å². The molecule has 1 unspecified atom stereocenters. The van der Waals surface area contributed by atoms with Gasteiger partial charge in [0.1, 0.15) is 0 Å². The molecule has 0 saturated carbocycles. The van der Waals surface area contributed by atoms with E-state index in [1.54, 1.807) is 13.3 Å².